The topological polar surface area (TPSA) is 34.1 Å². The summed E-state index contributed by atoms with van der Waals surface area (Å²) >= 11 is 0. The Morgan fingerprint density at radius 2 is 1.56 bits per heavy atom. The molecule has 0 unspecified atom stereocenters. The molecule has 0 saturated carbocycles. The Bertz CT molecular complexity index is 291. The largest absolute Gasteiger partial charge is 0.300 e. The molecule has 18 heavy (non-hydrogen) atoms. The second-order valence-electron chi connectivity index (χ2n) is 5.53. The first kappa shape index (κ1) is 15.1. The van der Waals surface area contributed by atoms with Crippen molar-refractivity contribution < 1.29 is 9.59 Å². The first-order valence-electron chi connectivity index (χ1n) is 7.37. The van der Waals surface area contributed by atoms with Crippen molar-refractivity contribution in [2.75, 3.05) is 0 Å². The normalized spacial score (nSPS) is 27.3. The predicted octanol–water partition coefficient (Wildman–Crippen LogP) is 4.23. The van der Waals surface area contributed by atoms with Crippen molar-refractivity contribution in [1.29, 1.82) is 0 Å². The smallest absolute Gasteiger partial charge is 0.133 e. The van der Waals surface area contributed by atoms with Crippen molar-refractivity contribution in [3.05, 3.63) is 12.2 Å². The molecule has 0 aliphatic heterocycles. The summed E-state index contributed by atoms with van der Waals surface area (Å²) < 4.78 is 0. The van der Waals surface area contributed by atoms with Gasteiger partial charge in [0, 0.05) is 25.7 Å². The van der Waals surface area contributed by atoms with E-state index in [9.17, 15) is 9.59 Å². The van der Waals surface area contributed by atoms with Gasteiger partial charge in [-0.3, -0.25) is 9.59 Å². The van der Waals surface area contributed by atoms with Crippen molar-refractivity contribution in [2.45, 2.75) is 71.1 Å². The van der Waals surface area contributed by atoms with Gasteiger partial charge >= 0.3 is 0 Å². The molecule has 0 radical (unpaired) electrons. The fourth-order valence-electron chi connectivity index (χ4n) is 2.40. The average Bonchev–Trinajstić information content (AvgIpc) is 2.31. The van der Waals surface area contributed by atoms with Crippen LogP contribution in [0.1, 0.15) is 71.1 Å². The van der Waals surface area contributed by atoms with E-state index in [1.54, 1.807) is 0 Å². The lowest BCUT2D eigenvalue weighted by molar-refractivity contribution is -0.120. The zero-order chi connectivity index (χ0) is 13.2. The van der Waals surface area contributed by atoms with E-state index in [0.717, 1.165) is 38.5 Å². The van der Waals surface area contributed by atoms with E-state index in [2.05, 4.69) is 19.1 Å². The molecule has 1 aliphatic carbocycles. The number of carbonyl (C=O) groups is 2. The van der Waals surface area contributed by atoms with Gasteiger partial charge in [0.2, 0.25) is 0 Å². The van der Waals surface area contributed by atoms with E-state index in [0.29, 0.717) is 43.2 Å². The molecule has 0 spiro atoms. The maximum absolute atomic E-state index is 11.7. The molecule has 0 bridgehead atoms. The molecular formula is C16H26O2. The number of hydrogen-bond donors (Lipinski definition) is 0. The minimum Gasteiger partial charge on any atom is -0.300 e. The first-order chi connectivity index (χ1) is 8.68. The van der Waals surface area contributed by atoms with E-state index in [1.807, 2.05) is 0 Å². The van der Waals surface area contributed by atoms with Gasteiger partial charge in [0.15, 0.2) is 0 Å². The maximum Gasteiger partial charge on any atom is 0.133 e. The number of allylic oxidation sites excluding steroid dienone is 2. The molecule has 1 rings (SSSR count). The van der Waals surface area contributed by atoms with Crippen molar-refractivity contribution in [1.82, 2.24) is 0 Å². The summed E-state index contributed by atoms with van der Waals surface area (Å²) in [6, 6.07) is 0. The van der Waals surface area contributed by atoms with Crippen LogP contribution < -0.4 is 0 Å². The quantitative estimate of drug-likeness (QED) is 0.603. The zero-order valence-corrected chi connectivity index (χ0v) is 11.6. The Morgan fingerprint density at radius 1 is 0.889 bits per heavy atom. The fraction of sp³-hybridized carbons (Fsp3) is 0.750. The van der Waals surface area contributed by atoms with Gasteiger partial charge in [-0.15, -0.1) is 0 Å². The molecule has 0 fully saturated rings. The van der Waals surface area contributed by atoms with Gasteiger partial charge in [0.1, 0.15) is 11.6 Å². The Kier molecular flexibility index (Phi) is 7.63. The second-order valence-corrected chi connectivity index (χ2v) is 5.53. The van der Waals surface area contributed by atoms with E-state index >= 15 is 0 Å². The number of hydrogen-bond acceptors (Lipinski definition) is 2. The second kappa shape index (κ2) is 9.07. The maximum atomic E-state index is 11.7. The van der Waals surface area contributed by atoms with Crippen LogP contribution in [0.5, 0.6) is 0 Å². The number of ketones is 2. The van der Waals surface area contributed by atoms with E-state index in [-0.39, 0.29) is 0 Å². The Labute approximate surface area is 111 Å². The third-order valence-corrected chi connectivity index (χ3v) is 3.56. The molecule has 0 aromatic rings. The predicted molar refractivity (Wildman–Crippen MR) is 74.5 cm³/mol. The van der Waals surface area contributed by atoms with Gasteiger partial charge in [0.05, 0.1) is 0 Å². The molecule has 2 nitrogen and oxygen atoms in total. The van der Waals surface area contributed by atoms with Gasteiger partial charge in [-0.25, -0.2) is 0 Å². The van der Waals surface area contributed by atoms with Gasteiger partial charge < -0.3 is 0 Å². The third kappa shape index (κ3) is 7.41. The third-order valence-electron chi connectivity index (χ3n) is 3.56. The lowest BCUT2D eigenvalue weighted by Gasteiger charge is -2.08. The Morgan fingerprint density at radius 3 is 2.39 bits per heavy atom. The van der Waals surface area contributed by atoms with Gasteiger partial charge in [-0.1, -0.05) is 19.1 Å². The van der Waals surface area contributed by atoms with Crippen molar-refractivity contribution in [3.63, 3.8) is 0 Å². The van der Waals surface area contributed by atoms with Crippen LogP contribution in [0.25, 0.3) is 0 Å². The number of carbonyl (C=O) groups excluding carboxylic acids is 2. The summed E-state index contributed by atoms with van der Waals surface area (Å²) in [5, 5.41) is 0. The molecule has 0 N–H and O–H groups in total. The summed E-state index contributed by atoms with van der Waals surface area (Å²) in [5.41, 5.74) is 0. The van der Waals surface area contributed by atoms with Crippen LogP contribution in [0.2, 0.25) is 0 Å². The Hall–Kier alpha value is -0.920. The highest BCUT2D eigenvalue weighted by Crippen LogP contribution is 2.15. The van der Waals surface area contributed by atoms with Crippen molar-refractivity contribution in [2.24, 2.45) is 5.92 Å². The molecule has 0 aromatic heterocycles. The molecule has 1 aliphatic rings. The molecular weight excluding hydrogens is 224 g/mol. The van der Waals surface area contributed by atoms with Gasteiger partial charge in [-0.2, -0.15) is 0 Å². The van der Waals surface area contributed by atoms with Crippen LogP contribution in [0, 0.1) is 5.92 Å². The van der Waals surface area contributed by atoms with Crippen LogP contribution in [-0.2, 0) is 9.59 Å². The SMILES string of the molecule is C[C@@H]1CC/C=C\CCCCC(=O)CCCC(=O)C1. The lowest BCUT2D eigenvalue weighted by atomic mass is 9.96. The van der Waals surface area contributed by atoms with E-state index in [1.165, 1.54) is 0 Å². The number of rotatable bonds is 0. The molecule has 102 valence electrons. The van der Waals surface area contributed by atoms with Gasteiger partial charge in [-0.05, 0) is 44.4 Å². The molecule has 0 heterocycles. The average molecular weight is 250 g/mol. The molecule has 2 heteroatoms. The summed E-state index contributed by atoms with van der Waals surface area (Å²) in [4.78, 5) is 23.3. The fourth-order valence-corrected chi connectivity index (χ4v) is 2.40. The van der Waals surface area contributed by atoms with Crippen molar-refractivity contribution in [3.8, 4) is 0 Å². The highest BCUT2D eigenvalue weighted by molar-refractivity contribution is 5.81. The molecule has 0 saturated heterocycles. The van der Waals surface area contributed by atoms with Crippen LogP contribution in [0.3, 0.4) is 0 Å². The zero-order valence-electron chi connectivity index (χ0n) is 11.6. The first-order valence-corrected chi connectivity index (χ1v) is 7.37. The number of Topliss-reactive ketones (excluding diaryl/α,β-unsaturated/α-hetero) is 2. The summed E-state index contributed by atoms with van der Waals surface area (Å²) in [6.07, 6.45) is 13.1. The minimum atomic E-state index is 0.328. The van der Waals surface area contributed by atoms with E-state index < -0.39 is 0 Å². The van der Waals surface area contributed by atoms with E-state index in [4.69, 9.17) is 0 Å². The van der Waals surface area contributed by atoms with Crippen LogP contribution in [-0.4, -0.2) is 11.6 Å². The van der Waals surface area contributed by atoms with Crippen LogP contribution in [0.15, 0.2) is 12.2 Å². The molecule has 1 atom stereocenters. The standard InChI is InChI=1S/C16H26O2/c1-14-9-6-4-2-3-5-7-10-15(17)11-8-12-16(18)13-14/h2,4,14H,3,5-13H2,1H3/b4-2-/t14-/m1/s1. The Balaban J connectivity index is 2.40. The lowest BCUT2D eigenvalue weighted by Crippen LogP contribution is -2.06. The molecule has 0 amide bonds. The summed E-state index contributed by atoms with van der Waals surface area (Å²) in [5.74, 6) is 1.13. The highest BCUT2D eigenvalue weighted by Gasteiger charge is 2.10. The van der Waals surface area contributed by atoms with Crippen LogP contribution >= 0.6 is 0 Å². The minimum absolute atomic E-state index is 0.328. The highest BCUT2D eigenvalue weighted by atomic mass is 16.1. The molecule has 0 aromatic carbocycles. The summed E-state index contributed by atoms with van der Waals surface area (Å²) in [7, 11) is 0. The van der Waals surface area contributed by atoms with Crippen molar-refractivity contribution >= 4 is 11.6 Å². The van der Waals surface area contributed by atoms with Crippen LogP contribution in [0.4, 0.5) is 0 Å². The summed E-state index contributed by atoms with van der Waals surface area (Å²) in [6.45, 7) is 2.15. The monoisotopic (exact) mass is 250 g/mol. The van der Waals surface area contributed by atoms with Gasteiger partial charge in [0.25, 0.3) is 0 Å².